The van der Waals surface area contributed by atoms with Crippen LogP contribution in [0.1, 0.15) is 61.0 Å². The first-order valence-electron chi connectivity index (χ1n) is 7.57. The van der Waals surface area contributed by atoms with Crippen LogP contribution >= 0.6 is 11.3 Å². The van der Waals surface area contributed by atoms with Gasteiger partial charge in [0.25, 0.3) is 0 Å². The Morgan fingerprint density at radius 1 is 1.25 bits per heavy atom. The highest BCUT2D eigenvalue weighted by Crippen LogP contribution is 2.42. The van der Waals surface area contributed by atoms with Gasteiger partial charge in [0.2, 0.25) is 0 Å². The molecule has 5 heteroatoms. The molecule has 0 aromatic carbocycles. The van der Waals surface area contributed by atoms with E-state index in [1.807, 2.05) is 0 Å². The van der Waals surface area contributed by atoms with E-state index in [2.05, 4.69) is 6.92 Å². The van der Waals surface area contributed by atoms with Crippen LogP contribution in [0, 0.1) is 0 Å². The SMILES string of the molecule is CCOC1(c2nc(COC)c(CN)s2)CCCCCC1. The minimum atomic E-state index is -0.189. The van der Waals surface area contributed by atoms with E-state index in [1.165, 1.54) is 25.7 Å². The summed E-state index contributed by atoms with van der Waals surface area (Å²) in [5.74, 6) is 0. The molecule has 1 aromatic rings. The van der Waals surface area contributed by atoms with E-state index in [4.69, 9.17) is 20.2 Å². The lowest BCUT2D eigenvalue weighted by Gasteiger charge is -2.30. The summed E-state index contributed by atoms with van der Waals surface area (Å²) in [7, 11) is 1.70. The molecule has 0 aliphatic heterocycles. The third-order valence-corrected chi connectivity index (χ3v) is 5.27. The van der Waals surface area contributed by atoms with E-state index in [0.717, 1.165) is 35.0 Å². The van der Waals surface area contributed by atoms with E-state index in [0.29, 0.717) is 13.2 Å². The highest BCUT2D eigenvalue weighted by atomic mass is 32.1. The third-order valence-electron chi connectivity index (χ3n) is 3.97. The Morgan fingerprint density at radius 2 is 1.95 bits per heavy atom. The summed E-state index contributed by atoms with van der Waals surface area (Å²) in [5.41, 5.74) is 6.64. The molecular formula is C15H26N2O2S. The van der Waals surface area contributed by atoms with Crippen LogP contribution in [0.15, 0.2) is 0 Å². The van der Waals surface area contributed by atoms with Gasteiger partial charge in [0.1, 0.15) is 10.6 Å². The minimum absolute atomic E-state index is 0.189. The van der Waals surface area contributed by atoms with Gasteiger partial charge in [0.15, 0.2) is 0 Å². The Bertz CT molecular complexity index is 412. The number of hydrogen-bond donors (Lipinski definition) is 1. The third kappa shape index (κ3) is 3.39. The molecule has 2 N–H and O–H groups in total. The van der Waals surface area contributed by atoms with Crippen molar-refractivity contribution >= 4 is 11.3 Å². The zero-order chi connectivity index (χ0) is 14.4. The number of ether oxygens (including phenoxy) is 2. The summed E-state index contributed by atoms with van der Waals surface area (Å²) >= 11 is 1.71. The molecule has 1 saturated carbocycles. The van der Waals surface area contributed by atoms with E-state index in [1.54, 1.807) is 18.4 Å². The van der Waals surface area contributed by atoms with Gasteiger partial charge in [-0.3, -0.25) is 0 Å². The zero-order valence-electron chi connectivity index (χ0n) is 12.6. The van der Waals surface area contributed by atoms with E-state index in [9.17, 15) is 0 Å². The van der Waals surface area contributed by atoms with Crippen molar-refractivity contribution in [1.82, 2.24) is 4.98 Å². The van der Waals surface area contributed by atoms with Gasteiger partial charge >= 0.3 is 0 Å². The van der Waals surface area contributed by atoms with Crippen molar-refractivity contribution in [3.63, 3.8) is 0 Å². The molecule has 0 atom stereocenters. The molecule has 114 valence electrons. The second kappa shape index (κ2) is 7.50. The molecule has 1 fully saturated rings. The molecule has 0 spiro atoms. The van der Waals surface area contributed by atoms with E-state index in [-0.39, 0.29) is 5.60 Å². The van der Waals surface area contributed by atoms with Crippen LogP contribution < -0.4 is 5.73 Å². The molecular weight excluding hydrogens is 272 g/mol. The fraction of sp³-hybridized carbons (Fsp3) is 0.800. The number of nitrogens with zero attached hydrogens (tertiary/aromatic N) is 1. The van der Waals surface area contributed by atoms with E-state index >= 15 is 0 Å². The number of hydrogen-bond acceptors (Lipinski definition) is 5. The maximum absolute atomic E-state index is 6.19. The van der Waals surface area contributed by atoms with Gasteiger partial charge in [0.05, 0.1) is 12.3 Å². The molecule has 0 unspecified atom stereocenters. The van der Waals surface area contributed by atoms with Gasteiger partial charge in [-0.05, 0) is 19.8 Å². The van der Waals surface area contributed by atoms with E-state index < -0.39 is 0 Å². The predicted octanol–water partition coefficient (Wildman–Crippen LogP) is 3.33. The normalized spacial score (nSPS) is 18.9. The summed E-state index contributed by atoms with van der Waals surface area (Å²) in [5, 5.41) is 1.11. The molecule has 0 saturated heterocycles. The number of aromatic nitrogens is 1. The van der Waals surface area contributed by atoms with Crippen LogP contribution in [-0.2, 0) is 28.2 Å². The van der Waals surface area contributed by atoms with Crippen molar-refractivity contribution in [3.8, 4) is 0 Å². The summed E-state index contributed by atoms with van der Waals surface area (Å²) in [6, 6.07) is 0. The monoisotopic (exact) mass is 298 g/mol. The van der Waals surface area contributed by atoms with Crippen molar-refractivity contribution < 1.29 is 9.47 Å². The van der Waals surface area contributed by atoms with Gasteiger partial charge in [-0.2, -0.15) is 0 Å². The molecule has 2 rings (SSSR count). The van der Waals surface area contributed by atoms with Gasteiger partial charge in [-0.25, -0.2) is 4.98 Å². The average Bonchev–Trinajstić information content (AvgIpc) is 2.71. The van der Waals surface area contributed by atoms with Crippen LogP contribution in [0.25, 0.3) is 0 Å². The second-order valence-corrected chi connectivity index (χ2v) is 6.45. The van der Waals surface area contributed by atoms with Gasteiger partial charge in [-0.1, -0.05) is 25.7 Å². The first kappa shape index (κ1) is 15.9. The molecule has 1 aliphatic carbocycles. The quantitative estimate of drug-likeness (QED) is 0.818. The Labute approximate surface area is 125 Å². The van der Waals surface area contributed by atoms with Gasteiger partial charge < -0.3 is 15.2 Å². The van der Waals surface area contributed by atoms with Crippen LogP contribution in [0.5, 0.6) is 0 Å². The highest BCUT2D eigenvalue weighted by Gasteiger charge is 2.37. The summed E-state index contributed by atoms with van der Waals surface area (Å²) in [6.45, 7) is 3.86. The Hall–Kier alpha value is -0.490. The lowest BCUT2D eigenvalue weighted by Crippen LogP contribution is -2.29. The van der Waals surface area contributed by atoms with Crippen LogP contribution in [0.3, 0.4) is 0 Å². The number of methoxy groups -OCH3 is 1. The molecule has 0 bridgehead atoms. The smallest absolute Gasteiger partial charge is 0.125 e. The minimum Gasteiger partial charge on any atom is -0.378 e. The maximum Gasteiger partial charge on any atom is 0.125 e. The summed E-state index contributed by atoms with van der Waals surface area (Å²) < 4.78 is 11.4. The predicted molar refractivity (Wildman–Crippen MR) is 81.7 cm³/mol. The highest BCUT2D eigenvalue weighted by molar-refractivity contribution is 7.11. The fourth-order valence-corrected chi connectivity index (χ4v) is 4.13. The Kier molecular flexibility index (Phi) is 5.96. The zero-order valence-corrected chi connectivity index (χ0v) is 13.4. The molecule has 1 heterocycles. The van der Waals surface area contributed by atoms with Crippen molar-refractivity contribution in [2.45, 2.75) is 64.2 Å². The fourth-order valence-electron chi connectivity index (χ4n) is 2.98. The molecule has 20 heavy (non-hydrogen) atoms. The van der Waals surface area contributed by atoms with Crippen LogP contribution in [0.4, 0.5) is 0 Å². The van der Waals surface area contributed by atoms with Gasteiger partial charge in [0, 0.05) is 25.1 Å². The largest absolute Gasteiger partial charge is 0.378 e. The summed E-state index contributed by atoms with van der Waals surface area (Å²) in [6.07, 6.45) is 7.19. The van der Waals surface area contributed by atoms with Gasteiger partial charge in [-0.15, -0.1) is 11.3 Å². The Morgan fingerprint density at radius 3 is 2.50 bits per heavy atom. The van der Waals surface area contributed by atoms with Crippen LogP contribution in [0.2, 0.25) is 0 Å². The molecule has 4 nitrogen and oxygen atoms in total. The van der Waals surface area contributed by atoms with Crippen LogP contribution in [-0.4, -0.2) is 18.7 Å². The first-order chi connectivity index (χ1) is 9.75. The molecule has 0 amide bonds. The lowest BCUT2D eigenvalue weighted by molar-refractivity contribution is -0.0561. The second-order valence-electron chi connectivity index (χ2n) is 5.37. The van der Waals surface area contributed by atoms with Crippen molar-refractivity contribution in [3.05, 3.63) is 15.6 Å². The summed E-state index contributed by atoms with van der Waals surface area (Å²) in [4.78, 5) is 5.95. The van der Waals surface area contributed by atoms with Crippen molar-refractivity contribution in [2.24, 2.45) is 5.73 Å². The first-order valence-corrected chi connectivity index (χ1v) is 8.39. The van der Waals surface area contributed by atoms with Crippen molar-refractivity contribution in [2.75, 3.05) is 13.7 Å². The van der Waals surface area contributed by atoms with Crippen molar-refractivity contribution in [1.29, 1.82) is 0 Å². The Balaban J connectivity index is 2.32. The molecule has 1 aliphatic rings. The lowest BCUT2D eigenvalue weighted by atomic mass is 9.95. The molecule has 1 aromatic heterocycles. The number of thiazole rings is 1. The molecule has 0 radical (unpaired) electrons. The number of rotatable bonds is 6. The standard InChI is InChI=1S/C15H26N2O2S/c1-3-19-15(8-6-4-5-7-9-15)14-17-12(11-18-2)13(10-16)20-14/h3-11,16H2,1-2H3. The number of nitrogens with two attached hydrogens (primary N) is 1. The average molecular weight is 298 g/mol. The topological polar surface area (TPSA) is 57.4 Å². The maximum atomic E-state index is 6.19.